The molecule has 0 amide bonds. The van der Waals surface area contributed by atoms with E-state index in [2.05, 4.69) is 86.8 Å². The summed E-state index contributed by atoms with van der Waals surface area (Å²) in [5, 5.41) is 8.91. The summed E-state index contributed by atoms with van der Waals surface area (Å²) in [6.07, 6.45) is 53.9. The third-order valence-corrected chi connectivity index (χ3v) is 10.5. The molecule has 0 rings (SSSR count). The first-order valence-corrected chi connectivity index (χ1v) is 24.5. The fraction of sp³-hybridized carbons (Fsp3) is 0.708. The summed E-state index contributed by atoms with van der Waals surface area (Å²) in [5.41, 5.74) is 5.36. The van der Waals surface area contributed by atoms with Crippen molar-refractivity contribution in [3.8, 4) is 0 Å². The van der Waals surface area contributed by atoms with Gasteiger partial charge in [-0.1, -0.05) is 189 Å². The monoisotopic (exact) mass is 850 g/mol. The molecule has 0 aromatic rings. The van der Waals surface area contributed by atoms with Crippen molar-refractivity contribution in [3.05, 3.63) is 72.9 Å². The molecule has 0 bridgehead atoms. The van der Waals surface area contributed by atoms with Gasteiger partial charge in [-0.25, -0.2) is 4.57 Å². The van der Waals surface area contributed by atoms with Crippen LogP contribution in [-0.2, 0) is 32.7 Å². The van der Waals surface area contributed by atoms with E-state index in [0.717, 1.165) is 70.6 Å². The van der Waals surface area contributed by atoms with Crippen LogP contribution in [0.4, 0.5) is 0 Å². The van der Waals surface area contributed by atoms with Crippen molar-refractivity contribution in [1.29, 1.82) is 0 Å². The first kappa shape index (κ1) is 56.4. The number of carbonyl (C=O) groups is 2. The van der Waals surface area contributed by atoms with Crippen molar-refractivity contribution < 1.29 is 42.7 Å². The van der Waals surface area contributed by atoms with E-state index in [0.29, 0.717) is 13.0 Å². The van der Waals surface area contributed by atoms with Gasteiger partial charge in [0.1, 0.15) is 12.1 Å². The number of allylic oxidation sites excluding steroid dienone is 12. The highest BCUT2D eigenvalue weighted by Gasteiger charge is 2.27. The third kappa shape index (κ3) is 43.3. The lowest BCUT2D eigenvalue weighted by atomic mass is 10.0. The SMILES string of the molecule is CC/C=C\C/C=C\C/C=C\C/C=C\C/C=C\C/C=C\CCCOCC(COP(=O)(O)OCC(N)C(=O)O)OC(=O)CCCCCCCCCCCCCCCCCCC. The number of carboxylic acids is 1. The smallest absolute Gasteiger partial charge is 0.472 e. The second-order valence-electron chi connectivity index (χ2n) is 15.2. The minimum Gasteiger partial charge on any atom is -0.480 e. The Bertz CT molecular complexity index is 1210. The lowest BCUT2D eigenvalue weighted by molar-refractivity contribution is -0.154. The van der Waals surface area contributed by atoms with Crippen LogP contribution in [0.3, 0.4) is 0 Å². The molecule has 0 aliphatic heterocycles. The Labute approximate surface area is 359 Å². The van der Waals surface area contributed by atoms with Gasteiger partial charge in [0.15, 0.2) is 0 Å². The third-order valence-electron chi connectivity index (χ3n) is 9.50. The molecule has 0 spiro atoms. The average Bonchev–Trinajstić information content (AvgIpc) is 3.21. The van der Waals surface area contributed by atoms with Crippen molar-refractivity contribution >= 4 is 19.8 Å². The molecule has 0 saturated heterocycles. The van der Waals surface area contributed by atoms with Gasteiger partial charge < -0.3 is 25.2 Å². The number of ether oxygens (including phenoxy) is 2. The van der Waals surface area contributed by atoms with E-state index in [1.807, 2.05) is 0 Å². The molecule has 340 valence electrons. The minimum atomic E-state index is -4.64. The summed E-state index contributed by atoms with van der Waals surface area (Å²) < 4.78 is 33.3. The Balaban J connectivity index is 4.32. The van der Waals surface area contributed by atoms with Gasteiger partial charge in [-0.3, -0.25) is 18.6 Å². The van der Waals surface area contributed by atoms with E-state index < -0.39 is 45.1 Å². The van der Waals surface area contributed by atoms with Crippen molar-refractivity contribution in [3.63, 3.8) is 0 Å². The number of phosphoric acid groups is 1. The molecule has 0 aromatic carbocycles. The molecule has 0 radical (unpaired) electrons. The van der Waals surface area contributed by atoms with Gasteiger partial charge in [-0.15, -0.1) is 0 Å². The number of hydrogen-bond donors (Lipinski definition) is 3. The summed E-state index contributed by atoms with van der Waals surface area (Å²) in [6.45, 7) is 3.62. The molecule has 0 aliphatic carbocycles. The maximum absolute atomic E-state index is 12.6. The summed E-state index contributed by atoms with van der Waals surface area (Å²) in [4.78, 5) is 33.6. The lowest BCUT2D eigenvalue weighted by Gasteiger charge is -2.20. The van der Waals surface area contributed by atoms with E-state index in [-0.39, 0.29) is 13.0 Å². The Kier molecular flexibility index (Phi) is 41.6. The van der Waals surface area contributed by atoms with E-state index in [4.69, 9.17) is 29.4 Å². The molecule has 11 heteroatoms. The first-order valence-electron chi connectivity index (χ1n) is 23.0. The average molecular weight is 850 g/mol. The van der Waals surface area contributed by atoms with Gasteiger partial charge in [0.2, 0.25) is 0 Å². The van der Waals surface area contributed by atoms with Crippen LogP contribution in [0.5, 0.6) is 0 Å². The van der Waals surface area contributed by atoms with Crippen LogP contribution in [0.2, 0.25) is 0 Å². The number of carboxylic acid groups (broad SMARTS) is 1. The summed E-state index contributed by atoms with van der Waals surface area (Å²) in [6, 6.07) is -1.48. The lowest BCUT2D eigenvalue weighted by Crippen LogP contribution is -2.34. The Morgan fingerprint density at radius 2 is 0.966 bits per heavy atom. The molecule has 0 heterocycles. The molecular formula is C48H84NO9P. The second kappa shape index (κ2) is 43.5. The number of aliphatic carboxylic acids is 1. The Morgan fingerprint density at radius 1 is 0.559 bits per heavy atom. The molecule has 3 atom stereocenters. The van der Waals surface area contributed by atoms with E-state index in [1.165, 1.54) is 83.5 Å². The normalized spacial score (nSPS) is 14.5. The number of phosphoric ester groups is 1. The van der Waals surface area contributed by atoms with Gasteiger partial charge >= 0.3 is 19.8 Å². The van der Waals surface area contributed by atoms with Crippen LogP contribution in [0.25, 0.3) is 0 Å². The number of nitrogens with two attached hydrogens (primary N) is 1. The highest BCUT2D eigenvalue weighted by Crippen LogP contribution is 2.43. The predicted molar refractivity (Wildman–Crippen MR) is 244 cm³/mol. The number of rotatable bonds is 43. The highest BCUT2D eigenvalue weighted by molar-refractivity contribution is 7.47. The van der Waals surface area contributed by atoms with E-state index in [1.54, 1.807) is 0 Å². The van der Waals surface area contributed by atoms with Crippen LogP contribution in [0.1, 0.15) is 181 Å². The van der Waals surface area contributed by atoms with Crippen LogP contribution in [0, 0.1) is 0 Å². The maximum atomic E-state index is 12.6. The van der Waals surface area contributed by atoms with Crippen molar-refractivity contribution in [1.82, 2.24) is 0 Å². The largest absolute Gasteiger partial charge is 0.480 e. The van der Waals surface area contributed by atoms with Gasteiger partial charge in [0, 0.05) is 13.0 Å². The van der Waals surface area contributed by atoms with Crippen molar-refractivity contribution in [2.45, 2.75) is 193 Å². The van der Waals surface area contributed by atoms with Crippen LogP contribution < -0.4 is 5.73 Å². The molecule has 4 N–H and O–H groups in total. The summed E-state index contributed by atoms with van der Waals surface area (Å²) >= 11 is 0. The molecule has 0 aliphatic rings. The maximum Gasteiger partial charge on any atom is 0.472 e. The van der Waals surface area contributed by atoms with Gasteiger partial charge in [0.05, 0.1) is 19.8 Å². The second-order valence-corrected chi connectivity index (χ2v) is 16.6. The van der Waals surface area contributed by atoms with Crippen LogP contribution >= 0.6 is 7.82 Å². The number of hydrogen-bond acceptors (Lipinski definition) is 8. The predicted octanol–water partition coefficient (Wildman–Crippen LogP) is 13.0. The zero-order valence-corrected chi connectivity index (χ0v) is 38.0. The van der Waals surface area contributed by atoms with Crippen molar-refractivity contribution in [2.75, 3.05) is 26.4 Å². The molecule has 59 heavy (non-hydrogen) atoms. The molecular weight excluding hydrogens is 765 g/mol. The zero-order valence-electron chi connectivity index (χ0n) is 37.1. The minimum absolute atomic E-state index is 0.0246. The molecule has 0 saturated carbocycles. The highest BCUT2D eigenvalue weighted by atomic mass is 31.2. The summed E-state index contributed by atoms with van der Waals surface area (Å²) in [7, 11) is -4.64. The fourth-order valence-electron chi connectivity index (χ4n) is 5.97. The molecule has 0 fully saturated rings. The van der Waals surface area contributed by atoms with Crippen LogP contribution in [-0.4, -0.2) is 60.5 Å². The molecule has 0 aromatic heterocycles. The van der Waals surface area contributed by atoms with Gasteiger partial charge in [-0.05, 0) is 57.8 Å². The van der Waals surface area contributed by atoms with E-state index in [9.17, 15) is 19.0 Å². The quantitative estimate of drug-likeness (QED) is 0.0234. The standard InChI is InChI=1S/C48H84NO9P/c1-3-5-7-9-11-13-15-17-19-21-22-23-25-27-29-31-33-35-37-39-41-55-42-45(43-56-59(53,54)57-44-46(49)48(51)52)58-47(50)40-38-36-34-32-30-28-26-24-20-18-16-14-12-10-8-6-4-2/h5,7,11,13,17,19,22-23,27,29,33,35,45-46H,3-4,6,8-10,12,14-16,18,20-21,24-26,28,30-32,34,36-44,49H2,1-2H3,(H,51,52)(H,53,54)/b7-5-,13-11-,19-17-,23-22-,29-27-,35-33-. The summed E-state index contributed by atoms with van der Waals surface area (Å²) in [5.74, 6) is -1.80. The fourth-order valence-corrected chi connectivity index (χ4v) is 6.75. The van der Waals surface area contributed by atoms with Crippen molar-refractivity contribution in [2.24, 2.45) is 5.73 Å². The number of esters is 1. The molecule has 10 nitrogen and oxygen atoms in total. The number of carbonyl (C=O) groups excluding carboxylic acids is 1. The van der Waals surface area contributed by atoms with Gasteiger partial charge in [-0.2, -0.15) is 0 Å². The Hall–Kier alpha value is -2.59. The van der Waals surface area contributed by atoms with Crippen LogP contribution in [0.15, 0.2) is 72.9 Å². The van der Waals surface area contributed by atoms with E-state index >= 15 is 0 Å². The van der Waals surface area contributed by atoms with Gasteiger partial charge in [0.25, 0.3) is 0 Å². The first-order chi connectivity index (χ1) is 28.7. The Morgan fingerprint density at radius 3 is 1.41 bits per heavy atom. The topological polar surface area (TPSA) is 155 Å². The number of unbranched alkanes of at least 4 members (excludes halogenated alkanes) is 17. The zero-order chi connectivity index (χ0) is 43.3. The molecule has 3 unspecified atom stereocenters.